The number of aromatic amines is 1. The minimum absolute atomic E-state index is 0.182. The summed E-state index contributed by atoms with van der Waals surface area (Å²) in [5.41, 5.74) is 5.25. The molecule has 4 nitrogen and oxygen atoms in total. The molecule has 0 aliphatic carbocycles. The van der Waals surface area contributed by atoms with Crippen molar-refractivity contribution in [2.24, 2.45) is 0 Å². The maximum atomic E-state index is 11.1. The molecule has 15 heavy (non-hydrogen) atoms. The maximum Gasteiger partial charge on any atom is 0.253 e. The summed E-state index contributed by atoms with van der Waals surface area (Å²) >= 11 is 1.59. The zero-order valence-corrected chi connectivity index (χ0v) is 9.77. The molecule has 0 spiro atoms. The lowest BCUT2D eigenvalue weighted by atomic mass is 10.2. The van der Waals surface area contributed by atoms with E-state index in [1.54, 1.807) is 11.8 Å². The predicted molar refractivity (Wildman–Crippen MR) is 64.1 cm³/mol. The van der Waals surface area contributed by atoms with Crippen LogP contribution < -0.4 is 11.3 Å². The minimum Gasteiger partial charge on any atom is -0.369 e. The normalized spacial score (nSPS) is 10.5. The van der Waals surface area contributed by atoms with Crippen molar-refractivity contribution in [3.63, 3.8) is 0 Å². The highest BCUT2D eigenvalue weighted by molar-refractivity contribution is 7.99. The van der Waals surface area contributed by atoms with Crippen LogP contribution in [0.3, 0.4) is 0 Å². The van der Waals surface area contributed by atoms with E-state index in [1.165, 1.54) is 25.3 Å². The van der Waals surface area contributed by atoms with Gasteiger partial charge in [-0.3, -0.25) is 9.78 Å². The van der Waals surface area contributed by atoms with Gasteiger partial charge in [0.25, 0.3) is 5.56 Å². The van der Waals surface area contributed by atoms with Gasteiger partial charge < -0.3 is 5.73 Å². The first kappa shape index (κ1) is 12.1. The Bertz CT molecular complexity index is 351. The van der Waals surface area contributed by atoms with Gasteiger partial charge in [-0.15, -0.1) is 11.8 Å². The van der Waals surface area contributed by atoms with E-state index in [-0.39, 0.29) is 11.5 Å². The monoisotopic (exact) mass is 227 g/mol. The van der Waals surface area contributed by atoms with Crippen molar-refractivity contribution < 1.29 is 0 Å². The van der Waals surface area contributed by atoms with Crippen LogP contribution in [0.15, 0.2) is 15.9 Å². The van der Waals surface area contributed by atoms with Crippen LogP contribution in [0, 0.1) is 0 Å². The average Bonchev–Trinajstić information content (AvgIpc) is 2.16. The van der Waals surface area contributed by atoms with Crippen LogP contribution in [-0.4, -0.2) is 15.7 Å². The molecule has 0 saturated heterocycles. The summed E-state index contributed by atoms with van der Waals surface area (Å²) in [6, 6.07) is 1.49. The second-order valence-electron chi connectivity index (χ2n) is 3.38. The lowest BCUT2D eigenvalue weighted by Gasteiger charge is -2.00. The first-order valence-corrected chi connectivity index (χ1v) is 6.20. The Kier molecular flexibility index (Phi) is 5.25. The third-order valence-corrected chi connectivity index (χ3v) is 2.98. The molecule has 84 valence electrons. The number of aromatic nitrogens is 2. The number of anilines is 1. The van der Waals surface area contributed by atoms with Gasteiger partial charge in [-0.2, -0.15) is 0 Å². The second-order valence-corrected chi connectivity index (χ2v) is 4.49. The molecule has 0 amide bonds. The maximum absolute atomic E-state index is 11.1. The fraction of sp³-hybridized carbons (Fsp3) is 0.600. The molecule has 0 aliphatic rings. The fourth-order valence-electron chi connectivity index (χ4n) is 1.23. The zero-order chi connectivity index (χ0) is 11.1. The van der Waals surface area contributed by atoms with Gasteiger partial charge in [0.05, 0.1) is 0 Å². The van der Waals surface area contributed by atoms with Gasteiger partial charge in [0, 0.05) is 6.07 Å². The molecule has 0 fully saturated rings. The molecule has 0 bridgehead atoms. The van der Waals surface area contributed by atoms with Crippen LogP contribution in [0.5, 0.6) is 0 Å². The van der Waals surface area contributed by atoms with Crippen molar-refractivity contribution in [2.45, 2.75) is 37.6 Å². The summed E-state index contributed by atoms with van der Waals surface area (Å²) < 4.78 is 0. The van der Waals surface area contributed by atoms with Crippen molar-refractivity contribution in [3.8, 4) is 0 Å². The quantitative estimate of drug-likeness (QED) is 0.443. The third-order valence-electron chi connectivity index (χ3n) is 1.98. The van der Waals surface area contributed by atoms with Crippen LogP contribution in [0.4, 0.5) is 5.95 Å². The molecule has 1 heterocycles. The first-order valence-electron chi connectivity index (χ1n) is 5.22. The average molecular weight is 227 g/mol. The number of nitrogens with two attached hydrogens (primary N) is 1. The molecule has 1 rings (SSSR count). The molecule has 0 atom stereocenters. The number of nitrogens with one attached hydrogen (secondary N) is 1. The van der Waals surface area contributed by atoms with Crippen molar-refractivity contribution >= 4 is 17.7 Å². The van der Waals surface area contributed by atoms with Gasteiger partial charge in [-0.1, -0.05) is 26.2 Å². The Morgan fingerprint density at radius 3 is 2.93 bits per heavy atom. The Balaban J connectivity index is 2.34. The van der Waals surface area contributed by atoms with Gasteiger partial charge in [0.1, 0.15) is 5.03 Å². The van der Waals surface area contributed by atoms with E-state index in [0.29, 0.717) is 5.03 Å². The molecular weight excluding hydrogens is 210 g/mol. The number of hydrogen-bond donors (Lipinski definition) is 2. The van der Waals surface area contributed by atoms with E-state index in [0.717, 1.165) is 12.2 Å². The van der Waals surface area contributed by atoms with Crippen LogP contribution in [-0.2, 0) is 0 Å². The van der Waals surface area contributed by atoms with E-state index in [4.69, 9.17) is 5.73 Å². The van der Waals surface area contributed by atoms with Crippen LogP contribution in [0.2, 0.25) is 0 Å². The number of nitrogens with zero attached hydrogens (tertiary/aromatic N) is 1. The van der Waals surface area contributed by atoms with Gasteiger partial charge >= 0.3 is 0 Å². The number of thioether (sulfide) groups is 1. The standard InChI is InChI=1S/C10H17N3OS/c1-2-3-4-5-6-15-9-7-8(14)12-10(11)13-9/h7H,2-6H2,1H3,(H3,11,12,13,14). The molecule has 0 aromatic carbocycles. The molecule has 0 unspecified atom stereocenters. The number of unbranched alkanes of at least 4 members (excludes halogenated alkanes) is 3. The second kappa shape index (κ2) is 6.50. The molecule has 0 aliphatic heterocycles. The zero-order valence-electron chi connectivity index (χ0n) is 8.95. The van der Waals surface area contributed by atoms with Crippen molar-refractivity contribution in [2.75, 3.05) is 11.5 Å². The summed E-state index contributed by atoms with van der Waals surface area (Å²) in [6.07, 6.45) is 4.90. The van der Waals surface area contributed by atoms with Crippen molar-refractivity contribution in [1.82, 2.24) is 9.97 Å². The van der Waals surface area contributed by atoms with E-state index in [2.05, 4.69) is 16.9 Å². The molecular formula is C10H17N3OS. The largest absolute Gasteiger partial charge is 0.369 e. The molecule has 0 radical (unpaired) electrons. The van der Waals surface area contributed by atoms with Crippen molar-refractivity contribution in [3.05, 3.63) is 16.4 Å². The number of H-pyrrole nitrogens is 1. The Hall–Kier alpha value is -0.970. The van der Waals surface area contributed by atoms with E-state index in [9.17, 15) is 4.79 Å². The van der Waals surface area contributed by atoms with Crippen molar-refractivity contribution in [1.29, 1.82) is 0 Å². The summed E-state index contributed by atoms with van der Waals surface area (Å²) in [7, 11) is 0. The van der Waals surface area contributed by atoms with Crippen LogP contribution in [0.1, 0.15) is 32.6 Å². The van der Waals surface area contributed by atoms with E-state index >= 15 is 0 Å². The summed E-state index contributed by atoms with van der Waals surface area (Å²) in [5.74, 6) is 1.19. The Morgan fingerprint density at radius 2 is 2.27 bits per heavy atom. The highest BCUT2D eigenvalue weighted by Crippen LogP contribution is 2.16. The van der Waals surface area contributed by atoms with Gasteiger partial charge in [0.2, 0.25) is 5.95 Å². The molecule has 5 heteroatoms. The van der Waals surface area contributed by atoms with E-state index in [1.807, 2.05) is 0 Å². The summed E-state index contributed by atoms with van der Waals surface area (Å²) in [6.45, 7) is 2.19. The van der Waals surface area contributed by atoms with Gasteiger partial charge in [-0.25, -0.2) is 4.98 Å². The Morgan fingerprint density at radius 1 is 1.47 bits per heavy atom. The number of rotatable bonds is 6. The topological polar surface area (TPSA) is 71.8 Å². The van der Waals surface area contributed by atoms with E-state index < -0.39 is 0 Å². The number of nitrogen functional groups attached to an aromatic ring is 1. The highest BCUT2D eigenvalue weighted by atomic mass is 32.2. The lowest BCUT2D eigenvalue weighted by Crippen LogP contribution is -2.09. The molecule has 3 N–H and O–H groups in total. The van der Waals surface area contributed by atoms with Crippen LogP contribution >= 0.6 is 11.8 Å². The summed E-state index contributed by atoms with van der Waals surface area (Å²) in [4.78, 5) is 17.5. The fourth-order valence-corrected chi connectivity index (χ4v) is 2.14. The Labute approximate surface area is 93.7 Å². The SMILES string of the molecule is CCCCCCSc1cc(=O)[nH]c(N)n1. The lowest BCUT2D eigenvalue weighted by molar-refractivity contribution is 0.706. The molecule has 1 aromatic rings. The molecule has 1 aromatic heterocycles. The highest BCUT2D eigenvalue weighted by Gasteiger charge is 1.98. The van der Waals surface area contributed by atoms with Gasteiger partial charge in [-0.05, 0) is 12.2 Å². The third kappa shape index (κ3) is 4.88. The smallest absolute Gasteiger partial charge is 0.253 e. The molecule has 0 saturated carbocycles. The minimum atomic E-state index is -0.182. The van der Waals surface area contributed by atoms with Crippen LogP contribution in [0.25, 0.3) is 0 Å². The predicted octanol–water partition coefficient (Wildman–Crippen LogP) is 2.02. The summed E-state index contributed by atoms with van der Waals surface area (Å²) in [5, 5.41) is 0.716. The number of hydrogen-bond acceptors (Lipinski definition) is 4. The van der Waals surface area contributed by atoms with Gasteiger partial charge in [0.15, 0.2) is 0 Å². The first-order chi connectivity index (χ1) is 7.22.